The summed E-state index contributed by atoms with van der Waals surface area (Å²) in [5, 5.41) is 43.9. The Morgan fingerprint density at radius 2 is 0.641 bits per heavy atom. The van der Waals surface area contributed by atoms with Crippen molar-refractivity contribution in [3.8, 4) is 0 Å². The third-order valence-corrected chi connectivity index (χ3v) is 14.6. The van der Waals surface area contributed by atoms with Crippen molar-refractivity contribution in [2.75, 3.05) is 90.0 Å². The van der Waals surface area contributed by atoms with Crippen molar-refractivity contribution in [3.05, 3.63) is 0 Å². The first-order valence-corrected chi connectivity index (χ1v) is 29.0. The second kappa shape index (κ2) is 44.0. The Balaban J connectivity index is 2.50. The van der Waals surface area contributed by atoms with Gasteiger partial charge >= 0.3 is 0 Å². The molecule has 0 aromatic rings. The zero-order valence-electron chi connectivity index (χ0n) is 42.2. The quantitative estimate of drug-likeness (QED) is 0.0434. The second-order valence-electron chi connectivity index (χ2n) is 19.4. The van der Waals surface area contributed by atoms with Crippen molar-refractivity contribution < 1.29 is 30.0 Å². The van der Waals surface area contributed by atoms with Crippen molar-refractivity contribution in [1.82, 2.24) is 19.6 Å². The summed E-state index contributed by atoms with van der Waals surface area (Å²) in [6.07, 6.45) is 30.2. The molecule has 10 nitrogen and oxygen atoms in total. The first kappa shape index (κ1) is 61.7. The molecule has 0 radical (unpaired) electrons. The Morgan fingerprint density at radius 1 is 0.406 bits per heavy atom. The van der Waals surface area contributed by atoms with Crippen LogP contribution in [0.1, 0.15) is 207 Å². The molecule has 1 aliphatic rings. The van der Waals surface area contributed by atoms with Crippen LogP contribution in [-0.4, -0.2) is 165 Å². The predicted octanol–water partition coefficient (Wildman–Crippen LogP) is 10.2. The Kier molecular flexibility index (Phi) is 42.4. The molecule has 4 N–H and O–H groups in total. The molecule has 0 spiro atoms. The van der Waals surface area contributed by atoms with E-state index in [1.54, 1.807) is 0 Å². The van der Waals surface area contributed by atoms with Gasteiger partial charge in [-0.05, 0) is 25.7 Å². The predicted molar refractivity (Wildman–Crippen MR) is 277 cm³/mol. The molecule has 380 valence electrons. The number of unbranched alkanes of at least 4 members (excludes halogenated alkanes) is 20. The Bertz CT molecular complexity index is 930. The van der Waals surface area contributed by atoms with Gasteiger partial charge in [0.2, 0.25) is 10.2 Å². The molecule has 1 aliphatic heterocycles. The van der Waals surface area contributed by atoms with Gasteiger partial charge < -0.3 is 20.4 Å². The molecular weight excluding hydrogens is 841 g/mol. The number of nitrogens with zero attached hydrogens (tertiary/aromatic N) is 4. The zero-order chi connectivity index (χ0) is 46.9. The number of aliphatic hydroxyl groups is 4. The molecule has 12 heteroatoms. The van der Waals surface area contributed by atoms with E-state index in [4.69, 9.17) is 0 Å². The summed E-state index contributed by atoms with van der Waals surface area (Å²) < 4.78 is 0. The Morgan fingerprint density at radius 3 is 0.891 bits per heavy atom. The molecule has 1 heterocycles. The van der Waals surface area contributed by atoms with E-state index in [0.29, 0.717) is 63.9 Å². The van der Waals surface area contributed by atoms with E-state index in [1.165, 1.54) is 126 Å². The molecule has 1 fully saturated rings. The Labute approximate surface area is 403 Å². The van der Waals surface area contributed by atoms with Crippen LogP contribution in [0.5, 0.6) is 0 Å². The summed E-state index contributed by atoms with van der Waals surface area (Å²) in [4.78, 5) is 34.9. The van der Waals surface area contributed by atoms with E-state index in [-0.39, 0.29) is 10.2 Å². The van der Waals surface area contributed by atoms with E-state index >= 15 is 0 Å². The average molecular weight is 946 g/mol. The maximum atomic E-state index is 13.1. The molecular formula is C52H104N4O6S2. The lowest BCUT2D eigenvalue weighted by Crippen LogP contribution is -2.48. The van der Waals surface area contributed by atoms with Gasteiger partial charge in [0.05, 0.1) is 37.5 Å². The summed E-state index contributed by atoms with van der Waals surface area (Å²) in [6.45, 7) is 16.2. The summed E-state index contributed by atoms with van der Waals surface area (Å²) in [6, 6.07) is 0. The fourth-order valence-corrected chi connectivity index (χ4v) is 10.6. The normalized spacial score (nSPS) is 15.9. The van der Waals surface area contributed by atoms with Gasteiger partial charge in [0.25, 0.3) is 0 Å². The van der Waals surface area contributed by atoms with Crippen LogP contribution in [0.4, 0.5) is 0 Å². The summed E-state index contributed by atoms with van der Waals surface area (Å²) in [5.41, 5.74) is 0. The highest BCUT2D eigenvalue weighted by Crippen LogP contribution is 2.17. The van der Waals surface area contributed by atoms with Crippen molar-refractivity contribution in [2.45, 2.75) is 232 Å². The lowest BCUT2D eigenvalue weighted by atomic mass is 10.1. The highest BCUT2D eigenvalue weighted by atomic mass is 32.2. The monoisotopic (exact) mass is 945 g/mol. The maximum absolute atomic E-state index is 13.1. The van der Waals surface area contributed by atoms with Crippen LogP contribution < -0.4 is 0 Å². The average Bonchev–Trinajstić information content (AvgIpc) is 3.26. The number of carbonyl (C=O) groups is 2. The molecule has 0 saturated carbocycles. The van der Waals surface area contributed by atoms with Crippen LogP contribution in [0.3, 0.4) is 0 Å². The molecule has 0 amide bonds. The van der Waals surface area contributed by atoms with E-state index in [0.717, 1.165) is 103 Å². The van der Waals surface area contributed by atoms with Gasteiger partial charge in [-0.15, -0.1) is 0 Å². The standard InChI is InChI=1S/C52H104N4O6S2/c1-5-9-13-17-21-25-29-47(57)41-55(42-48(58)30-26-22-18-14-10-6-2)37-39-63-51(61)45-53-33-35-54(36-34-53)46-52(62)64-40-38-56(43-49(59)31-27-23-19-15-11-7-3)44-50(60)32-28-24-20-16-12-8-4/h47-50,57-60H,5-46H2,1-4H3. The first-order valence-electron chi connectivity index (χ1n) is 27.0. The van der Waals surface area contributed by atoms with Crippen LogP contribution in [-0.2, 0) is 9.59 Å². The molecule has 64 heavy (non-hydrogen) atoms. The summed E-state index contributed by atoms with van der Waals surface area (Å²) in [5.74, 6) is 1.29. The van der Waals surface area contributed by atoms with E-state index in [1.807, 2.05) is 0 Å². The van der Waals surface area contributed by atoms with Crippen LogP contribution in [0.25, 0.3) is 0 Å². The van der Waals surface area contributed by atoms with Gasteiger partial charge in [0, 0.05) is 77.0 Å². The van der Waals surface area contributed by atoms with Crippen molar-refractivity contribution >= 4 is 33.8 Å². The molecule has 0 aromatic carbocycles. The fourth-order valence-electron chi connectivity index (χ4n) is 8.85. The number of rotatable bonds is 46. The Hall–Kier alpha value is -0.280. The van der Waals surface area contributed by atoms with Crippen molar-refractivity contribution in [3.63, 3.8) is 0 Å². The smallest absolute Gasteiger partial charge is 0.202 e. The number of carbonyl (C=O) groups excluding carboxylic acids is 2. The first-order chi connectivity index (χ1) is 31.1. The third-order valence-electron chi connectivity index (χ3n) is 13.0. The number of piperazine rings is 1. The fraction of sp³-hybridized carbons (Fsp3) is 0.962. The minimum atomic E-state index is -0.415. The van der Waals surface area contributed by atoms with Crippen molar-refractivity contribution in [2.24, 2.45) is 0 Å². The maximum Gasteiger partial charge on any atom is 0.202 e. The lowest BCUT2D eigenvalue weighted by molar-refractivity contribution is -0.114. The third kappa shape index (κ3) is 37.7. The second-order valence-corrected chi connectivity index (χ2v) is 21.7. The molecule has 0 aromatic heterocycles. The summed E-state index contributed by atoms with van der Waals surface area (Å²) >= 11 is 2.73. The highest BCUT2D eigenvalue weighted by Gasteiger charge is 2.23. The van der Waals surface area contributed by atoms with Crippen molar-refractivity contribution in [1.29, 1.82) is 0 Å². The van der Waals surface area contributed by atoms with Crippen LogP contribution >= 0.6 is 23.5 Å². The summed E-state index contributed by atoms with van der Waals surface area (Å²) in [7, 11) is 0. The van der Waals surface area contributed by atoms with Gasteiger partial charge in [0.1, 0.15) is 0 Å². The minimum absolute atomic E-state index is 0.152. The van der Waals surface area contributed by atoms with Gasteiger partial charge in [-0.3, -0.25) is 29.2 Å². The van der Waals surface area contributed by atoms with E-state index < -0.39 is 24.4 Å². The van der Waals surface area contributed by atoms with Crippen LogP contribution in [0.15, 0.2) is 0 Å². The number of hydrogen-bond acceptors (Lipinski definition) is 12. The van der Waals surface area contributed by atoms with Gasteiger partial charge in [-0.25, -0.2) is 0 Å². The van der Waals surface area contributed by atoms with Gasteiger partial charge in [-0.1, -0.05) is 205 Å². The molecule has 0 bridgehead atoms. The number of thioether (sulfide) groups is 2. The highest BCUT2D eigenvalue weighted by molar-refractivity contribution is 8.14. The minimum Gasteiger partial charge on any atom is -0.392 e. The SMILES string of the molecule is CCCCCCCCC(O)CN(CCSC(=O)CN1CCN(CC(=O)SCCN(CC(O)CCCCCCCC)CC(O)CCCCCCCC)CC1)CC(O)CCCCCCCC. The van der Waals surface area contributed by atoms with E-state index in [9.17, 15) is 30.0 Å². The van der Waals surface area contributed by atoms with Gasteiger partial charge in [-0.2, -0.15) is 0 Å². The topological polar surface area (TPSA) is 128 Å². The molecule has 4 atom stereocenters. The zero-order valence-corrected chi connectivity index (χ0v) is 43.9. The number of hydrogen-bond donors (Lipinski definition) is 4. The molecule has 4 unspecified atom stereocenters. The van der Waals surface area contributed by atoms with E-state index in [2.05, 4.69) is 47.3 Å². The molecule has 0 aliphatic carbocycles. The molecule has 1 saturated heterocycles. The van der Waals surface area contributed by atoms with Crippen LogP contribution in [0.2, 0.25) is 0 Å². The van der Waals surface area contributed by atoms with Gasteiger partial charge in [0.15, 0.2) is 0 Å². The molecule has 1 rings (SSSR count). The largest absolute Gasteiger partial charge is 0.392 e. The lowest BCUT2D eigenvalue weighted by Gasteiger charge is -2.33. The van der Waals surface area contributed by atoms with Crippen LogP contribution in [0, 0.1) is 0 Å². The number of aliphatic hydroxyl groups excluding tert-OH is 4.